The number of aliphatic hydroxyl groups is 1. The molecule has 1 N–H and O–H groups in total. The maximum atomic E-state index is 12.9. The Bertz CT molecular complexity index is 283. The largest absolute Gasteiger partial charge is 0.388 e. The maximum Gasteiger partial charge on any atom is 0.126 e. The predicted octanol–water partition coefficient (Wildman–Crippen LogP) is 2.97. The van der Waals surface area contributed by atoms with E-state index in [1.54, 1.807) is 19.1 Å². The number of hydrogen-bond acceptors (Lipinski definition) is 1. The van der Waals surface area contributed by atoms with Crippen LogP contribution >= 0.6 is 0 Å². The fraction of sp³-hybridized carbons (Fsp3) is 0.455. The molecule has 0 radical (unpaired) electrons. The average molecular weight is 182 g/mol. The molecule has 1 atom stereocenters. The van der Waals surface area contributed by atoms with Gasteiger partial charge in [0.05, 0.1) is 6.10 Å². The highest BCUT2D eigenvalue weighted by Gasteiger charge is 2.07. The lowest BCUT2D eigenvalue weighted by atomic mass is 10.0. The SMILES string of the molecule is CCC[C@H](O)c1ccc(F)c(C)c1. The van der Waals surface area contributed by atoms with Crippen LogP contribution in [0, 0.1) is 12.7 Å². The van der Waals surface area contributed by atoms with Crippen LogP contribution < -0.4 is 0 Å². The summed E-state index contributed by atoms with van der Waals surface area (Å²) in [6.45, 7) is 3.72. The monoisotopic (exact) mass is 182 g/mol. The lowest BCUT2D eigenvalue weighted by Gasteiger charge is -2.10. The molecule has 1 rings (SSSR count). The van der Waals surface area contributed by atoms with E-state index in [9.17, 15) is 9.50 Å². The van der Waals surface area contributed by atoms with Crippen molar-refractivity contribution in [2.45, 2.75) is 32.8 Å². The molecule has 0 spiro atoms. The van der Waals surface area contributed by atoms with E-state index in [-0.39, 0.29) is 5.82 Å². The summed E-state index contributed by atoms with van der Waals surface area (Å²) in [5, 5.41) is 9.61. The zero-order valence-corrected chi connectivity index (χ0v) is 8.05. The Kier molecular flexibility index (Phi) is 3.43. The van der Waals surface area contributed by atoms with Crippen molar-refractivity contribution in [3.63, 3.8) is 0 Å². The highest BCUT2D eigenvalue weighted by molar-refractivity contribution is 5.25. The molecule has 72 valence electrons. The fourth-order valence-corrected chi connectivity index (χ4v) is 1.32. The molecule has 1 nitrogen and oxygen atoms in total. The Hall–Kier alpha value is -0.890. The van der Waals surface area contributed by atoms with Gasteiger partial charge in [-0.25, -0.2) is 4.39 Å². The third-order valence-electron chi connectivity index (χ3n) is 2.13. The van der Waals surface area contributed by atoms with Gasteiger partial charge in [-0.1, -0.05) is 25.5 Å². The molecule has 0 saturated carbocycles. The van der Waals surface area contributed by atoms with Crippen LogP contribution in [0.5, 0.6) is 0 Å². The van der Waals surface area contributed by atoms with Crippen LogP contribution in [0.2, 0.25) is 0 Å². The van der Waals surface area contributed by atoms with Gasteiger partial charge in [0.15, 0.2) is 0 Å². The van der Waals surface area contributed by atoms with E-state index in [4.69, 9.17) is 0 Å². The average Bonchev–Trinajstić information content (AvgIpc) is 2.10. The van der Waals surface area contributed by atoms with Crippen molar-refractivity contribution in [2.75, 3.05) is 0 Å². The van der Waals surface area contributed by atoms with Crippen LogP contribution in [0.3, 0.4) is 0 Å². The van der Waals surface area contributed by atoms with Crippen molar-refractivity contribution in [3.05, 3.63) is 35.1 Å². The summed E-state index contributed by atoms with van der Waals surface area (Å²) in [5.74, 6) is -0.215. The molecule has 0 bridgehead atoms. The molecule has 0 amide bonds. The standard InChI is InChI=1S/C11H15FO/c1-3-4-11(13)9-5-6-10(12)8(2)7-9/h5-7,11,13H,3-4H2,1-2H3/t11-/m0/s1. The molecule has 0 fully saturated rings. The topological polar surface area (TPSA) is 20.2 Å². The Balaban J connectivity index is 2.84. The first-order valence-corrected chi connectivity index (χ1v) is 4.59. The van der Waals surface area contributed by atoms with Gasteiger partial charge in [0.25, 0.3) is 0 Å². The second-order valence-electron chi connectivity index (χ2n) is 3.31. The minimum Gasteiger partial charge on any atom is -0.388 e. The third-order valence-corrected chi connectivity index (χ3v) is 2.13. The Labute approximate surface area is 78.2 Å². The van der Waals surface area contributed by atoms with Crippen molar-refractivity contribution in [1.82, 2.24) is 0 Å². The summed E-state index contributed by atoms with van der Waals surface area (Å²) in [6.07, 6.45) is 1.20. The van der Waals surface area contributed by atoms with E-state index in [1.807, 2.05) is 6.92 Å². The van der Waals surface area contributed by atoms with E-state index in [1.165, 1.54) is 6.07 Å². The van der Waals surface area contributed by atoms with Gasteiger partial charge in [-0.05, 0) is 30.5 Å². The van der Waals surface area contributed by atoms with Crippen LogP contribution in [0.15, 0.2) is 18.2 Å². The molecule has 2 heteroatoms. The van der Waals surface area contributed by atoms with Crippen LogP contribution in [-0.4, -0.2) is 5.11 Å². The van der Waals surface area contributed by atoms with Crippen molar-refractivity contribution in [1.29, 1.82) is 0 Å². The quantitative estimate of drug-likeness (QED) is 0.762. The lowest BCUT2D eigenvalue weighted by Crippen LogP contribution is -1.97. The molecule has 0 heterocycles. The van der Waals surface area contributed by atoms with E-state index < -0.39 is 6.10 Å². The number of hydrogen-bond donors (Lipinski definition) is 1. The van der Waals surface area contributed by atoms with Gasteiger partial charge in [0.2, 0.25) is 0 Å². The van der Waals surface area contributed by atoms with E-state index in [0.29, 0.717) is 5.56 Å². The second-order valence-corrected chi connectivity index (χ2v) is 3.31. The summed E-state index contributed by atoms with van der Waals surface area (Å²) in [7, 11) is 0. The number of aryl methyl sites for hydroxylation is 1. The fourth-order valence-electron chi connectivity index (χ4n) is 1.32. The third kappa shape index (κ3) is 2.52. The number of rotatable bonds is 3. The molecule has 0 aliphatic rings. The summed E-state index contributed by atoms with van der Waals surface area (Å²) in [6, 6.07) is 4.75. The molecule has 0 aliphatic carbocycles. The van der Waals surface area contributed by atoms with Crippen LogP contribution in [0.25, 0.3) is 0 Å². The molecule has 0 unspecified atom stereocenters. The van der Waals surface area contributed by atoms with Crippen LogP contribution in [0.1, 0.15) is 37.0 Å². The number of benzene rings is 1. The minimum absolute atomic E-state index is 0.215. The zero-order valence-electron chi connectivity index (χ0n) is 8.05. The smallest absolute Gasteiger partial charge is 0.126 e. The normalized spacial score (nSPS) is 12.9. The number of aliphatic hydroxyl groups excluding tert-OH is 1. The summed E-state index contributed by atoms with van der Waals surface area (Å²) < 4.78 is 12.9. The van der Waals surface area contributed by atoms with Crippen molar-refractivity contribution >= 4 is 0 Å². The second kappa shape index (κ2) is 4.38. The maximum absolute atomic E-state index is 12.9. The van der Waals surface area contributed by atoms with E-state index in [2.05, 4.69) is 0 Å². The Morgan fingerprint density at radius 3 is 2.69 bits per heavy atom. The molecule has 0 aromatic heterocycles. The van der Waals surface area contributed by atoms with Gasteiger partial charge < -0.3 is 5.11 Å². The van der Waals surface area contributed by atoms with Gasteiger partial charge >= 0.3 is 0 Å². The highest BCUT2D eigenvalue weighted by Crippen LogP contribution is 2.20. The van der Waals surface area contributed by atoms with E-state index >= 15 is 0 Å². The van der Waals surface area contributed by atoms with Gasteiger partial charge in [-0.15, -0.1) is 0 Å². The molecule has 1 aromatic rings. The summed E-state index contributed by atoms with van der Waals surface area (Å²) in [4.78, 5) is 0. The van der Waals surface area contributed by atoms with Crippen molar-refractivity contribution in [3.8, 4) is 0 Å². The Morgan fingerprint density at radius 1 is 1.46 bits per heavy atom. The predicted molar refractivity (Wildman–Crippen MR) is 51.0 cm³/mol. The van der Waals surface area contributed by atoms with E-state index in [0.717, 1.165) is 18.4 Å². The molecule has 1 aromatic carbocycles. The van der Waals surface area contributed by atoms with Gasteiger partial charge in [-0.3, -0.25) is 0 Å². The molecule has 0 aliphatic heterocycles. The number of halogens is 1. The van der Waals surface area contributed by atoms with Crippen molar-refractivity contribution < 1.29 is 9.50 Å². The first-order valence-electron chi connectivity index (χ1n) is 4.59. The zero-order chi connectivity index (χ0) is 9.84. The van der Waals surface area contributed by atoms with Crippen LogP contribution in [0.4, 0.5) is 4.39 Å². The molecule has 13 heavy (non-hydrogen) atoms. The Morgan fingerprint density at radius 2 is 2.15 bits per heavy atom. The first kappa shape index (κ1) is 10.2. The van der Waals surface area contributed by atoms with Gasteiger partial charge in [0, 0.05) is 0 Å². The first-order chi connectivity index (χ1) is 6.15. The molecular formula is C11H15FO. The molecule has 0 saturated heterocycles. The highest BCUT2D eigenvalue weighted by atomic mass is 19.1. The van der Waals surface area contributed by atoms with Crippen LogP contribution in [-0.2, 0) is 0 Å². The summed E-state index contributed by atoms with van der Waals surface area (Å²) in [5.41, 5.74) is 1.40. The minimum atomic E-state index is -0.454. The lowest BCUT2D eigenvalue weighted by molar-refractivity contribution is 0.166. The van der Waals surface area contributed by atoms with Crippen molar-refractivity contribution in [2.24, 2.45) is 0 Å². The van der Waals surface area contributed by atoms with Gasteiger partial charge in [0.1, 0.15) is 5.82 Å². The molecular weight excluding hydrogens is 167 g/mol. The summed E-state index contributed by atoms with van der Waals surface area (Å²) >= 11 is 0. The van der Waals surface area contributed by atoms with Gasteiger partial charge in [-0.2, -0.15) is 0 Å².